The van der Waals surface area contributed by atoms with Gasteiger partial charge in [0.2, 0.25) is 5.95 Å². The van der Waals surface area contributed by atoms with Gasteiger partial charge < -0.3 is 9.47 Å². The second kappa shape index (κ2) is 6.63. The summed E-state index contributed by atoms with van der Waals surface area (Å²) in [5.74, 6) is 1.82. The van der Waals surface area contributed by atoms with Crippen LogP contribution in [-0.2, 0) is 6.42 Å². The summed E-state index contributed by atoms with van der Waals surface area (Å²) in [5, 5.41) is 0. The molecule has 0 saturated carbocycles. The number of benzene rings is 1. The number of carbonyl (C=O) groups is 1. The number of hydrogen-bond donors (Lipinski definition) is 0. The normalized spacial score (nSPS) is 17.8. The lowest BCUT2D eigenvalue weighted by Gasteiger charge is -2.34. The average Bonchev–Trinajstić information content (AvgIpc) is 3.07. The Labute approximate surface area is 146 Å². The summed E-state index contributed by atoms with van der Waals surface area (Å²) in [4.78, 5) is 26.5. The number of aldehydes is 1. The van der Waals surface area contributed by atoms with Crippen LogP contribution in [0.1, 0.15) is 42.0 Å². The monoisotopic (exact) mass is 335 g/mol. The summed E-state index contributed by atoms with van der Waals surface area (Å²) < 4.78 is 2.39. The van der Waals surface area contributed by atoms with Crippen LogP contribution in [0.3, 0.4) is 0 Å². The number of anilines is 1. The summed E-state index contributed by atoms with van der Waals surface area (Å²) in [6, 6.07) is 8.68. The molecule has 1 aromatic carbocycles. The number of rotatable bonds is 4. The Morgan fingerprint density at radius 2 is 2.04 bits per heavy atom. The Hall–Kier alpha value is -2.76. The first-order chi connectivity index (χ1) is 12.3. The Bertz CT molecular complexity index is 886. The highest BCUT2D eigenvalue weighted by atomic mass is 16.1. The molecule has 0 N–H and O–H groups in total. The van der Waals surface area contributed by atoms with Crippen LogP contribution >= 0.6 is 0 Å². The fourth-order valence-corrected chi connectivity index (χ4v) is 3.65. The molecule has 1 aliphatic heterocycles. The minimum Gasteiger partial charge on any atom is -0.339 e. The minimum absolute atomic E-state index is 0.352. The number of aryl methyl sites for hydroxylation is 1. The van der Waals surface area contributed by atoms with Gasteiger partial charge in [-0.1, -0.05) is 19.1 Å². The smallest absolute Gasteiger partial charge is 0.225 e. The molecule has 3 aromatic rings. The van der Waals surface area contributed by atoms with E-state index in [9.17, 15) is 4.79 Å². The molecule has 3 heterocycles. The van der Waals surface area contributed by atoms with Gasteiger partial charge in [0.05, 0.1) is 22.6 Å². The zero-order valence-corrected chi connectivity index (χ0v) is 14.3. The van der Waals surface area contributed by atoms with E-state index >= 15 is 0 Å². The van der Waals surface area contributed by atoms with Crippen molar-refractivity contribution in [1.29, 1.82) is 0 Å². The molecule has 1 unspecified atom stereocenters. The van der Waals surface area contributed by atoms with Crippen molar-refractivity contribution in [1.82, 2.24) is 19.5 Å². The molecule has 6 nitrogen and oxygen atoms in total. The molecule has 4 rings (SSSR count). The van der Waals surface area contributed by atoms with Crippen LogP contribution in [0.5, 0.6) is 0 Å². The molecule has 25 heavy (non-hydrogen) atoms. The van der Waals surface area contributed by atoms with Crippen molar-refractivity contribution in [2.45, 2.75) is 32.2 Å². The SMILES string of the molecule is CCc1nc2ccccc2n1C1CCCN(c2ncc(C=O)cn2)C1. The summed E-state index contributed by atoms with van der Waals surface area (Å²) in [6.07, 6.45) is 7.06. The lowest BCUT2D eigenvalue weighted by atomic mass is 10.1. The zero-order valence-electron chi connectivity index (χ0n) is 14.3. The third-order valence-corrected chi connectivity index (χ3v) is 4.82. The second-order valence-corrected chi connectivity index (χ2v) is 6.42. The zero-order chi connectivity index (χ0) is 17.2. The number of para-hydroxylation sites is 2. The van der Waals surface area contributed by atoms with Crippen LogP contribution in [0.4, 0.5) is 5.95 Å². The number of aromatic nitrogens is 4. The molecular formula is C19H21N5O. The molecule has 0 aliphatic carbocycles. The Kier molecular flexibility index (Phi) is 4.17. The summed E-state index contributed by atoms with van der Waals surface area (Å²) in [7, 11) is 0. The maximum atomic E-state index is 10.8. The van der Waals surface area contributed by atoms with Gasteiger partial charge in [-0.3, -0.25) is 4.79 Å². The van der Waals surface area contributed by atoms with E-state index in [1.54, 1.807) is 12.4 Å². The number of hydrogen-bond acceptors (Lipinski definition) is 5. The van der Waals surface area contributed by atoms with Gasteiger partial charge in [-0.2, -0.15) is 0 Å². The van der Waals surface area contributed by atoms with Crippen molar-refractivity contribution in [3.05, 3.63) is 48.0 Å². The third kappa shape index (κ3) is 2.88. The van der Waals surface area contributed by atoms with Crippen molar-refractivity contribution in [2.24, 2.45) is 0 Å². The highest BCUT2D eigenvalue weighted by molar-refractivity contribution is 5.76. The highest BCUT2D eigenvalue weighted by Gasteiger charge is 2.26. The molecule has 1 aliphatic rings. The summed E-state index contributed by atoms with van der Waals surface area (Å²) in [6.45, 7) is 3.94. The van der Waals surface area contributed by atoms with E-state index in [-0.39, 0.29) is 0 Å². The van der Waals surface area contributed by atoms with Gasteiger partial charge in [0.15, 0.2) is 6.29 Å². The van der Waals surface area contributed by atoms with Crippen molar-refractivity contribution in [3.8, 4) is 0 Å². The number of piperidine rings is 1. The van der Waals surface area contributed by atoms with Gasteiger partial charge in [-0.15, -0.1) is 0 Å². The minimum atomic E-state index is 0.352. The molecule has 1 fully saturated rings. The fourth-order valence-electron chi connectivity index (χ4n) is 3.65. The highest BCUT2D eigenvalue weighted by Crippen LogP contribution is 2.29. The van der Waals surface area contributed by atoms with Crippen molar-refractivity contribution in [3.63, 3.8) is 0 Å². The number of nitrogens with zero attached hydrogens (tertiary/aromatic N) is 5. The predicted octanol–water partition coefficient (Wildman–Crippen LogP) is 3.04. The molecule has 6 heteroatoms. The quantitative estimate of drug-likeness (QED) is 0.686. The van der Waals surface area contributed by atoms with Crippen molar-refractivity contribution >= 4 is 23.3 Å². The molecule has 0 radical (unpaired) electrons. The van der Waals surface area contributed by atoms with E-state index in [4.69, 9.17) is 4.98 Å². The van der Waals surface area contributed by atoms with E-state index < -0.39 is 0 Å². The first kappa shape index (κ1) is 15.7. The molecule has 0 bridgehead atoms. The molecule has 1 atom stereocenters. The van der Waals surface area contributed by atoms with Crippen LogP contribution in [0, 0.1) is 0 Å². The first-order valence-corrected chi connectivity index (χ1v) is 8.78. The van der Waals surface area contributed by atoms with E-state index in [0.717, 1.165) is 50.0 Å². The van der Waals surface area contributed by atoms with E-state index in [1.165, 1.54) is 5.52 Å². The van der Waals surface area contributed by atoms with Gasteiger partial charge in [0.25, 0.3) is 0 Å². The maximum Gasteiger partial charge on any atom is 0.225 e. The lowest BCUT2D eigenvalue weighted by molar-refractivity contribution is 0.112. The Morgan fingerprint density at radius 1 is 1.24 bits per heavy atom. The van der Waals surface area contributed by atoms with E-state index in [2.05, 4.69) is 44.6 Å². The van der Waals surface area contributed by atoms with Gasteiger partial charge in [-0.25, -0.2) is 15.0 Å². The third-order valence-electron chi connectivity index (χ3n) is 4.82. The van der Waals surface area contributed by atoms with E-state index in [0.29, 0.717) is 17.6 Å². The lowest BCUT2D eigenvalue weighted by Crippen LogP contribution is -2.38. The number of imidazole rings is 1. The largest absolute Gasteiger partial charge is 0.339 e. The van der Waals surface area contributed by atoms with Gasteiger partial charge in [0.1, 0.15) is 5.82 Å². The average molecular weight is 335 g/mol. The molecular weight excluding hydrogens is 314 g/mol. The molecule has 1 saturated heterocycles. The Morgan fingerprint density at radius 3 is 2.80 bits per heavy atom. The second-order valence-electron chi connectivity index (χ2n) is 6.42. The van der Waals surface area contributed by atoms with Crippen LogP contribution in [0.25, 0.3) is 11.0 Å². The standard InChI is InChI=1S/C19H21N5O/c1-2-18-22-16-7-3-4-8-17(16)24(18)15-6-5-9-23(12-15)19-20-10-14(13-25)11-21-19/h3-4,7-8,10-11,13,15H,2,5-6,9,12H2,1H3. The van der Waals surface area contributed by atoms with E-state index in [1.807, 2.05) is 6.07 Å². The van der Waals surface area contributed by atoms with Crippen LogP contribution in [0.15, 0.2) is 36.7 Å². The van der Waals surface area contributed by atoms with Crippen molar-refractivity contribution < 1.29 is 4.79 Å². The summed E-state index contributed by atoms with van der Waals surface area (Å²) >= 11 is 0. The van der Waals surface area contributed by atoms with Crippen LogP contribution < -0.4 is 4.90 Å². The molecule has 0 spiro atoms. The summed E-state index contributed by atoms with van der Waals surface area (Å²) in [5.41, 5.74) is 2.76. The van der Waals surface area contributed by atoms with Crippen LogP contribution in [0.2, 0.25) is 0 Å². The first-order valence-electron chi connectivity index (χ1n) is 8.78. The van der Waals surface area contributed by atoms with Gasteiger partial charge in [-0.05, 0) is 25.0 Å². The Balaban J connectivity index is 1.66. The fraction of sp³-hybridized carbons (Fsp3) is 0.368. The number of carbonyl (C=O) groups excluding carboxylic acids is 1. The molecule has 2 aromatic heterocycles. The predicted molar refractivity (Wildman–Crippen MR) is 97.0 cm³/mol. The molecule has 128 valence electrons. The van der Waals surface area contributed by atoms with Crippen LogP contribution in [-0.4, -0.2) is 38.9 Å². The number of fused-ring (bicyclic) bond motifs is 1. The maximum absolute atomic E-state index is 10.8. The van der Waals surface area contributed by atoms with Crippen molar-refractivity contribution in [2.75, 3.05) is 18.0 Å². The van der Waals surface area contributed by atoms with Gasteiger partial charge in [0, 0.05) is 31.9 Å². The van der Waals surface area contributed by atoms with Gasteiger partial charge >= 0.3 is 0 Å². The topological polar surface area (TPSA) is 63.9 Å². The molecule has 0 amide bonds.